The van der Waals surface area contributed by atoms with Gasteiger partial charge in [0.15, 0.2) is 0 Å². The summed E-state index contributed by atoms with van der Waals surface area (Å²) in [4.78, 5) is 51.0. The smallest absolute Gasteiger partial charge is 0.283 e. The minimum Gasteiger partial charge on any atom is -0.545 e. The summed E-state index contributed by atoms with van der Waals surface area (Å²) in [7, 11) is 1.26. The van der Waals surface area contributed by atoms with Gasteiger partial charge >= 0.3 is 0 Å². The second kappa shape index (κ2) is 10.7. The van der Waals surface area contributed by atoms with Crippen LogP contribution < -0.4 is 25.4 Å². The standard InChI is InChI=1S/C26H18Cl3N3O6/c1-12-16(27)7-4-8-19(12)32-24(34)21(29)22(25(32)35)30-14-6-3-5-13(9-14)23(33)31-18-11-20(38-2)15(26(36)37)10-17(18)28/h3-11,30H,1-2H3,(H,31,33)(H,36,37)/p-1. The maximum Gasteiger partial charge on any atom is 0.283 e. The molecule has 1 aliphatic heterocycles. The topological polar surface area (TPSA) is 128 Å². The first-order valence-electron chi connectivity index (χ1n) is 10.8. The third kappa shape index (κ3) is 5.04. The molecule has 1 aliphatic rings. The highest BCUT2D eigenvalue weighted by molar-refractivity contribution is 6.53. The second-order valence-corrected chi connectivity index (χ2v) is 9.19. The number of nitrogens with zero attached hydrogens (tertiary/aromatic N) is 1. The van der Waals surface area contributed by atoms with Crippen LogP contribution in [-0.4, -0.2) is 30.8 Å². The quantitative estimate of drug-likeness (QED) is 0.402. The molecule has 0 fully saturated rings. The van der Waals surface area contributed by atoms with E-state index < -0.39 is 23.7 Å². The third-order valence-electron chi connectivity index (χ3n) is 5.66. The maximum atomic E-state index is 13.1. The van der Waals surface area contributed by atoms with Gasteiger partial charge in [0, 0.05) is 27.9 Å². The first-order chi connectivity index (χ1) is 18.0. The number of anilines is 3. The lowest BCUT2D eigenvalue weighted by atomic mass is 10.1. The van der Waals surface area contributed by atoms with Gasteiger partial charge in [-0.1, -0.05) is 46.9 Å². The number of ether oxygens (including phenoxy) is 1. The van der Waals surface area contributed by atoms with Gasteiger partial charge in [-0.25, -0.2) is 4.90 Å². The number of aromatic carboxylic acids is 1. The Morgan fingerprint density at radius 2 is 1.66 bits per heavy atom. The molecule has 3 aromatic carbocycles. The van der Waals surface area contributed by atoms with E-state index in [2.05, 4.69) is 10.6 Å². The molecule has 1 heterocycles. The minimum atomic E-state index is -1.49. The zero-order valence-corrected chi connectivity index (χ0v) is 22.0. The van der Waals surface area contributed by atoms with Crippen molar-refractivity contribution in [1.82, 2.24) is 0 Å². The number of carboxylic acids is 1. The van der Waals surface area contributed by atoms with Crippen LogP contribution in [0.2, 0.25) is 10.0 Å². The van der Waals surface area contributed by atoms with Crippen molar-refractivity contribution in [2.45, 2.75) is 6.92 Å². The van der Waals surface area contributed by atoms with Crippen molar-refractivity contribution in [2.24, 2.45) is 0 Å². The number of rotatable bonds is 7. The van der Waals surface area contributed by atoms with Crippen molar-refractivity contribution in [2.75, 3.05) is 22.6 Å². The van der Waals surface area contributed by atoms with Crippen molar-refractivity contribution in [3.63, 3.8) is 0 Å². The maximum absolute atomic E-state index is 13.1. The van der Waals surface area contributed by atoms with Crippen LogP contribution in [0.3, 0.4) is 0 Å². The predicted octanol–water partition coefficient (Wildman–Crippen LogP) is 4.36. The lowest BCUT2D eigenvalue weighted by molar-refractivity contribution is -0.255. The lowest BCUT2D eigenvalue weighted by Crippen LogP contribution is -2.32. The van der Waals surface area contributed by atoms with E-state index in [4.69, 9.17) is 39.5 Å². The van der Waals surface area contributed by atoms with Crippen LogP contribution in [0.5, 0.6) is 5.75 Å². The number of carbonyl (C=O) groups excluding carboxylic acids is 4. The van der Waals surface area contributed by atoms with E-state index in [0.717, 1.165) is 11.0 Å². The third-order valence-corrected chi connectivity index (χ3v) is 6.73. The van der Waals surface area contributed by atoms with Crippen molar-refractivity contribution >= 4 is 75.6 Å². The summed E-state index contributed by atoms with van der Waals surface area (Å²) in [6.07, 6.45) is 0. The number of imide groups is 1. The number of amides is 3. The largest absolute Gasteiger partial charge is 0.545 e. The van der Waals surface area contributed by atoms with Gasteiger partial charge < -0.3 is 25.3 Å². The number of hydrogen-bond donors (Lipinski definition) is 2. The summed E-state index contributed by atoms with van der Waals surface area (Å²) >= 11 is 18.5. The summed E-state index contributed by atoms with van der Waals surface area (Å²) in [6, 6.07) is 13.2. The Balaban J connectivity index is 1.57. The van der Waals surface area contributed by atoms with Gasteiger partial charge in [0.25, 0.3) is 17.7 Å². The molecule has 4 rings (SSSR count). The summed E-state index contributed by atoms with van der Waals surface area (Å²) in [6.45, 7) is 1.67. The van der Waals surface area contributed by atoms with Crippen molar-refractivity contribution in [3.8, 4) is 5.75 Å². The van der Waals surface area contributed by atoms with Crippen LogP contribution in [0.1, 0.15) is 26.3 Å². The summed E-state index contributed by atoms with van der Waals surface area (Å²) in [5.74, 6) is -3.54. The van der Waals surface area contributed by atoms with Gasteiger partial charge in [-0.2, -0.15) is 0 Å². The Morgan fingerprint density at radius 3 is 2.34 bits per heavy atom. The zero-order chi connectivity index (χ0) is 27.7. The van der Waals surface area contributed by atoms with Gasteiger partial charge in [0.05, 0.1) is 29.5 Å². The van der Waals surface area contributed by atoms with Gasteiger partial charge in [-0.05, 0) is 48.9 Å². The highest BCUT2D eigenvalue weighted by atomic mass is 35.5. The van der Waals surface area contributed by atoms with Crippen LogP contribution in [0.4, 0.5) is 17.1 Å². The van der Waals surface area contributed by atoms with E-state index in [0.29, 0.717) is 22.0 Å². The molecular weight excluding hydrogens is 557 g/mol. The lowest BCUT2D eigenvalue weighted by Gasteiger charge is -2.18. The molecule has 0 aliphatic carbocycles. The summed E-state index contributed by atoms with van der Waals surface area (Å²) < 4.78 is 5.04. The normalized spacial score (nSPS) is 13.1. The molecular formula is C26H17Cl3N3O6-. The molecule has 0 saturated heterocycles. The Hall–Kier alpha value is -4.05. The predicted molar refractivity (Wildman–Crippen MR) is 142 cm³/mol. The van der Waals surface area contributed by atoms with Crippen LogP contribution in [0.15, 0.2) is 65.3 Å². The van der Waals surface area contributed by atoms with E-state index in [-0.39, 0.29) is 38.3 Å². The Labute approximate surface area is 231 Å². The van der Waals surface area contributed by atoms with Crippen LogP contribution in [0.25, 0.3) is 0 Å². The van der Waals surface area contributed by atoms with E-state index in [9.17, 15) is 24.3 Å². The summed E-state index contributed by atoms with van der Waals surface area (Å²) in [5, 5.41) is 16.7. The van der Waals surface area contributed by atoms with Crippen LogP contribution >= 0.6 is 34.8 Å². The molecule has 0 bridgehead atoms. The molecule has 0 aromatic heterocycles. The van der Waals surface area contributed by atoms with Crippen LogP contribution in [0, 0.1) is 6.92 Å². The zero-order valence-electron chi connectivity index (χ0n) is 19.7. The monoisotopic (exact) mass is 572 g/mol. The number of halogens is 3. The fourth-order valence-electron chi connectivity index (χ4n) is 3.72. The Morgan fingerprint density at radius 1 is 0.947 bits per heavy atom. The summed E-state index contributed by atoms with van der Waals surface area (Å²) in [5.41, 5.74) is 0.948. The van der Waals surface area contributed by atoms with E-state index in [1.54, 1.807) is 37.3 Å². The molecule has 0 saturated carbocycles. The number of carboxylic acid groups (broad SMARTS) is 1. The molecule has 0 atom stereocenters. The van der Waals surface area contributed by atoms with E-state index in [1.807, 2.05) is 0 Å². The van der Waals surface area contributed by atoms with Crippen molar-refractivity contribution in [1.29, 1.82) is 0 Å². The van der Waals surface area contributed by atoms with E-state index in [1.165, 1.54) is 25.3 Å². The average molecular weight is 574 g/mol. The van der Waals surface area contributed by atoms with Gasteiger partial charge in [0.1, 0.15) is 16.5 Å². The first-order valence-corrected chi connectivity index (χ1v) is 12.0. The molecule has 2 N–H and O–H groups in total. The number of nitrogens with one attached hydrogen (secondary N) is 2. The van der Waals surface area contributed by atoms with Gasteiger partial charge in [-0.15, -0.1) is 0 Å². The van der Waals surface area contributed by atoms with Gasteiger partial charge in [-0.3, -0.25) is 14.4 Å². The Kier molecular flexibility index (Phi) is 7.63. The Bertz CT molecular complexity index is 1550. The molecule has 3 amide bonds. The number of methoxy groups -OCH3 is 1. The molecule has 0 spiro atoms. The minimum absolute atomic E-state index is 0.0453. The first kappa shape index (κ1) is 27.0. The molecule has 0 unspecified atom stereocenters. The SMILES string of the molecule is COc1cc(NC(=O)c2cccc(NC3=C(Cl)C(=O)N(c4cccc(Cl)c4C)C3=O)c2)c(Cl)cc1C(=O)[O-]. The molecule has 12 heteroatoms. The molecule has 9 nitrogen and oxygen atoms in total. The molecule has 38 heavy (non-hydrogen) atoms. The fourth-order valence-corrected chi connectivity index (χ4v) is 4.32. The number of hydrogen-bond acceptors (Lipinski definition) is 7. The van der Waals surface area contributed by atoms with E-state index >= 15 is 0 Å². The highest BCUT2D eigenvalue weighted by Gasteiger charge is 2.39. The highest BCUT2D eigenvalue weighted by Crippen LogP contribution is 2.35. The second-order valence-electron chi connectivity index (χ2n) is 8.00. The molecule has 0 radical (unpaired) electrons. The fraction of sp³-hybridized carbons (Fsp3) is 0.0769. The van der Waals surface area contributed by atoms with Crippen molar-refractivity contribution in [3.05, 3.63) is 92.1 Å². The van der Waals surface area contributed by atoms with Gasteiger partial charge in [0.2, 0.25) is 0 Å². The molecule has 3 aromatic rings. The average Bonchev–Trinajstić information content (AvgIpc) is 3.09. The number of benzene rings is 3. The molecule has 194 valence electrons. The van der Waals surface area contributed by atoms with Crippen molar-refractivity contribution < 1.29 is 29.0 Å². The van der Waals surface area contributed by atoms with Crippen LogP contribution in [-0.2, 0) is 9.59 Å². The number of carbonyl (C=O) groups is 4.